The van der Waals surface area contributed by atoms with Crippen molar-refractivity contribution < 1.29 is 13.2 Å². The summed E-state index contributed by atoms with van der Waals surface area (Å²) in [4.78, 5) is 31.2. The minimum atomic E-state index is -3.17. The minimum Gasteiger partial charge on any atom is -0.337 e. The molecule has 2 aliphatic rings. The van der Waals surface area contributed by atoms with Gasteiger partial charge in [-0.05, 0) is 64.1 Å². The van der Waals surface area contributed by atoms with Gasteiger partial charge in [-0.3, -0.25) is 4.79 Å². The highest BCUT2D eigenvalue weighted by atomic mass is 32.2. The van der Waals surface area contributed by atoms with Gasteiger partial charge >= 0.3 is 0 Å². The molecule has 5 rings (SSSR count). The summed E-state index contributed by atoms with van der Waals surface area (Å²) in [6, 6.07) is 10.6. The van der Waals surface area contributed by atoms with E-state index >= 15 is 0 Å². The summed E-state index contributed by atoms with van der Waals surface area (Å²) in [6.07, 6.45) is 6.17. The Hall–Kier alpha value is -3.15. The Labute approximate surface area is 230 Å². The van der Waals surface area contributed by atoms with E-state index in [0.717, 1.165) is 55.2 Å². The lowest BCUT2D eigenvalue weighted by Crippen LogP contribution is -2.52. The molecule has 2 aromatic heterocycles. The van der Waals surface area contributed by atoms with E-state index in [9.17, 15) is 13.2 Å². The molecule has 2 fully saturated rings. The van der Waals surface area contributed by atoms with Crippen LogP contribution >= 0.6 is 0 Å². The molecule has 1 amide bonds. The number of nitrogens with zero attached hydrogens (tertiary/aromatic N) is 6. The zero-order chi connectivity index (χ0) is 27.7. The van der Waals surface area contributed by atoms with Gasteiger partial charge in [0.2, 0.25) is 10.0 Å². The van der Waals surface area contributed by atoms with Gasteiger partial charge in [0.25, 0.3) is 5.91 Å². The molecule has 39 heavy (non-hydrogen) atoms. The monoisotopic (exact) mass is 551 g/mol. The molecule has 0 radical (unpaired) electrons. The molecule has 10 nitrogen and oxygen atoms in total. The molecule has 11 heteroatoms. The number of anilines is 2. The second-order valence-corrected chi connectivity index (χ2v) is 12.7. The Morgan fingerprint density at radius 2 is 1.72 bits per heavy atom. The number of likely N-dealkylation sites (tertiary alicyclic amines) is 2. The lowest BCUT2D eigenvalue weighted by atomic mass is 9.97. The second kappa shape index (κ2) is 11.1. The van der Waals surface area contributed by atoms with E-state index in [1.807, 2.05) is 36.9 Å². The van der Waals surface area contributed by atoms with Crippen LogP contribution in [0, 0.1) is 13.8 Å². The smallest absolute Gasteiger partial charge is 0.272 e. The number of fused-ring (bicyclic) bond motifs is 1. The number of piperidine rings is 2. The van der Waals surface area contributed by atoms with Gasteiger partial charge in [-0.25, -0.2) is 27.7 Å². The van der Waals surface area contributed by atoms with Crippen LogP contribution in [0.5, 0.6) is 0 Å². The summed E-state index contributed by atoms with van der Waals surface area (Å²) in [7, 11) is -1.50. The summed E-state index contributed by atoms with van der Waals surface area (Å²) in [6.45, 7) is 6.95. The molecule has 2 aliphatic heterocycles. The molecule has 0 unspecified atom stereocenters. The topological polar surface area (TPSA) is 112 Å². The zero-order valence-electron chi connectivity index (χ0n) is 23.1. The maximum absolute atomic E-state index is 13.5. The zero-order valence-corrected chi connectivity index (χ0v) is 23.9. The van der Waals surface area contributed by atoms with Gasteiger partial charge < -0.3 is 15.1 Å². The third-order valence-corrected chi connectivity index (χ3v) is 9.61. The number of nitrogens with one attached hydrogen (secondary N) is 1. The Bertz CT molecular complexity index is 1460. The molecule has 208 valence electrons. The van der Waals surface area contributed by atoms with Crippen LogP contribution < -0.4 is 5.32 Å². The number of hydrogen-bond donors (Lipinski definition) is 1. The van der Waals surface area contributed by atoms with Crippen LogP contribution in [0.1, 0.15) is 47.4 Å². The van der Waals surface area contributed by atoms with E-state index < -0.39 is 10.0 Å². The first-order valence-corrected chi connectivity index (χ1v) is 15.4. The molecule has 0 spiro atoms. The Morgan fingerprint density at radius 3 is 2.41 bits per heavy atom. The van der Waals surface area contributed by atoms with Crippen molar-refractivity contribution in [2.75, 3.05) is 44.8 Å². The largest absolute Gasteiger partial charge is 0.337 e. The van der Waals surface area contributed by atoms with Crippen molar-refractivity contribution in [2.45, 2.75) is 51.6 Å². The van der Waals surface area contributed by atoms with Crippen molar-refractivity contribution in [3.05, 3.63) is 53.6 Å². The van der Waals surface area contributed by atoms with Gasteiger partial charge in [0, 0.05) is 48.9 Å². The van der Waals surface area contributed by atoms with Gasteiger partial charge in [0.1, 0.15) is 23.7 Å². The van der Waals surface area contributed by atoms with Gasteiger partial charge in [-0.2, -0.15) is 0 Å². The third kappa shape index (κ3) is 5.90. The number of aromatic nitrogens is 3. The van der Waals surface area contributed by atoms with E-state index in [4.69, 9.17) is 0 Å². The highest BCUT2D eigenvalue weighted by molar-refractivity contribution is 7.88. The fourth-order valence-electron chi connectivity index (χ4n) is 5.82. The van der Waals surface area contributed by atoms with E-state index in [-0.39, 0.29) is 11.9 Å². The quantitative estimate of drug-likeness (QED) is 0.497. The first kappa shape index (κ1) is 27.4. The first-order chi connectivity index (χ1) is 18.6. The van der Waals surface area contributed by atoms with E-state index in [1.54, 1.807) is 7.05 Å². The third-order valence-electron chi connectivity index (χ3n) is 8.27. The number of carbonyl (C=O) groups excluding carboxylic acids is 1. The normalized spacial score (nSPS) is 18.1. The lowest BCUT2D eigenvalue weighted by molar-refractivity contribution is 0.0542. The summed E-state index contributed by atoms with van der Waals surface area (Å²) in [5.74, 6) is 1.18. The summed E-state index contributed by atoms with van der Waals surface area (Å²) >= 11 is 0. The van der Waals surface area contributed by atoms with E-state index in [0.29, 0.717) is 42.0 Å². The van der Waals surface area contributed by atoms with Crippen LogP contribution in [0.4, 0.5) is 11.6 Å². The predicted molar refractivity (Wildman–Crippen MR) is 153 cm³/mol. The molecule has 1 aromatic carbocycles. The Kier molecular flexibility index (Phi) is 7.84. The lowest BCUT2D eigenvalue weighted by Gasteiger charge is -2.43. The highest BCUT2D eigenvalue weighted by Gasteiger charge is 2.33. The Balaban J connectivity index is 1.20. The van der Waals surface area contributed by atoms with Crippen LogP contribution in [0.15, 0.2) is 36.7 Å². The summed E-state index contributed by atoms with van der Waals surface area (Å²) in [5, 5.41) is 5.49. The molecule has 0 aliphatic carbocycles. The van der Waals surface area contributed by atoms with E-state index in [2.05, 4.69) is 37.3 Å². The van der Waals surface area contributed by atoms with Crippen molar-refractivity contribution in [3.8, 4) is 0 Å². The van der Waals surface area contributed by atoms with Crippen LogP contribution in [0.3, 0.4) is 0 Å². The predicted octanol–water partition coefficient (Wildman–Crippen LogP) is 3.35. The summed E-state index contributed by atoms with van der Waals surface area (Å²) < 4.78 is 25.3. The van der Waals surface area contributed by atoms with Crippen LogP contribution in [0.25, 0.3) is 10.8 Å². The second-order valence-electron chi connectivity index (χ2n) is 10.7. The van der Waals surface area contributed by atoms with Crippen molar-refractivity contribution in [1.82, 2.24) is 29.1 Å². The van der Waals surface area contributed by atoms with Crippen LogP contribution in [-0.4, -0.2) is 94.9 Å². The van der Waals surface area contributed by atoms with E-state index in [1.165, 1.54) is 16.9 Å². The van der Waals surface area contributed by atoms with Crippen molar-refractivity contribution in [2.24, 2.45) is 0 Å². The highest BCUT2D eigenvalue weighted by Crippen LogP contribution is 2.27. The Morgan fingerprint density at radius 1 is 1.03 bits per heavy atom. The van der Waals surface area contributed by atoms with Gasteiger partial charge in [-0.15, -0.1) is 0 Å². The molecule has 4 heterocycles. The fraction of sp³-hybridized carbons (Fsp3) is 0.500. The molecule has 3 aromatic rings. The number of benzene rings is 1. The van der Waals surface area contributed by atoms with Gasteiger partial charge in [0.15, 0.2) is 0 Å². The van der Waals surface area contributed by atoms with Crippen molar-refractivity contribution in [3.63, 3.8) is 0 Å². The average Bonchev–Trinajstić information content (AvgIpc) is 2.93. The van der Waals surface area contributed by atoms with Crippen molar-refractivity contribution >= 4 is 38.3 Å². The average molecular weight is 552 g/mol. The number of rotatable bonds is 6. The molecule has 1 N–H and O–H groups in total. The molecular weight excluding hydrogens is 514 g/mol. The minimum absolute atomic E-state index is 0.0650. The standard InChI is InChI=1S/C28H37N7O3S/c1-19-26(29-18-30-27(19)32-25-17-21-7-5-6-8-24(21)20(2)31-25)28(36)35-15-11-23(12-16-35)34-13-9-22(10-14-34)33(3)39(4,37)38/h5-8,17-18,22-23H,9-16H2,1-4H3,(H,29,30,31,32). The number of pyridine rings is 1. The number of sulfonamides is 1. The molecular formula is C28H37N7O3S. The van der Waals surface area contributed by atoms with Gasteiger partial charge in [0.05, 0.1) is 6.26 Å². The van der Waals surface area contributed by atoms with Crippen LogP contribution in [0.2, 0.25) is 0 Å². The van der Waals surface area contributed by atoms with Crippen LogP contribution in [-0.2, 0) is 10.0 Å². The van der Waals surface area contributed by atoms with Gasteiger partial charge in [-0.1, -0.05) is 24.3 Å². The molecule has 0 bridgehead atoms. The maximum Gasteiger partial charge on any atom is 0.272 e. The van der Waals surface area contributed by atoms with Crippen molar-refractivity contribution in [1.29, 1.82) is 0 Å². The number of hydrogen-bond acceptors (Lipinski definition) is 8. The SMILES string of the molecule is Cc1c(Nc2cc3ccccc3c(C)n2)ncnc1C(=O)N1CCC(N2CCC(N(C)S(C)(=O)=O)CC2)CC1. The first-order valence-electron chi connectivity index (χ1n) is 13.5. The maximum atomic E-state index is 13.5. The number of amides is 1. The fourth-order valence-corrected chi connectivity index (χ4v) is 6.57. The number of carbonyl (C=O) groups is 1. The molecule has 0 atom stereocenters. The summed E-state index contributed by atoms with van der Waals surface area (Å²) in [5.41, 5.74) is 2.04. The molecule has 2 saturated heterocycles. The number of aryl methyl sites for hydroxylation is 1. The molecule has 0 saturated carbocycles.